The van der Waals surface area contributed by atoms with E-state index in [1.165, 1.54) is 24.3 Å². The summed E-state index contributed by atoms with van der Waals surface area (Å²) in [5.74, 6) is 0.154. The van der Waals surface area contributed by atoms with E-state index in [0.717, 1.165) is 21.9 Å². The maximum atomic E-state index is 12.5. The molecule has 4 aromatic carbocycles. The van der Waals surface area contributed by atoms with Crippen molar-refractivity contribution in [3.05, 3.63) is 108 Å². The minimum absolute atomic E-state index is 0.131. The number of carbonyl (C=O) groups is 1. The average molecular weight is 461 g/mol. The summed E-state index contributed by atoms with van der Waals surface area (Å²) in [4.78, 5) is 12.4. The molecule has 4 aromatic rings. The summed E-state index contributed by atoms with van der Waals surface area (Å²) in [6.45, 7) is 0.440. The highest BCUT2D eigenvalue weighted by molar-refractivity contribution is 7.89. The summed E-state index contributed by atoms with van der Waals surface area (Å²) >= 11 is 0. The highest BCUT2D eigenvalue weighted by Crippen LogP contribution is 2.19. The number of nitrogens with one attached hydrogen (secondary N) is 2. The minimum atomic E-state index is -3.65. The second-order valence-electron chi connectivity index (χ2n) is 7.49. The highest BCUT2D eigenvalue weighted by Gasteiger charge is 2.14. The summed E-state index contributed by atoms with van der Waals surface area (Å²) in [7, 11) is -3.65. The van der Waals surface area contributed by atoms with Gasteiger partial charge in [-0.3, -0.25) is 4.79 Å². The van der Waals surface area contributed by atoms with Crippen LogP contribution in [0.25, 0.3) is 10.8 Å². The number of benzene rings is 4. The maximum absolute atomic E-state index is 12.5. The molecule has 0 saturated heterocycles. The van der Waals surface area contributed by atoms with Crippen LogP contribution in [0.5, 0.6) is 5.75 Å². The lowest BCUT2D eigenvalue weighted by molar-refractivity contribution is -0.123. The molecule has 0 bridgehead atoms. The smallest absolute Gasteiger partial charge is 0.258 e. The largest absolute Gasteiger partial charge is 0.484 e. The highest BCUT2D eigenvalue weighted by atomic mass is 32.2. The molecule has 0 spiro atoms. The zero-order valence-electron chi connectivity index (χ0n) is 17.9. The molecular formula is C26H24N2O4S. The molecule has 168 valence electrons. The normalized spacial score (nSPS) is 11.3. The van der Waals surface area contributed by atoms with Crippen LogP contribution < -0.4 is 14.8 Å². The van der Waals surface area contributed by atoms with Crippen LogP contribution in [0.15, 0.2) is 102 Å². The number of amides is 1. The third-order valence-corrected chi connectivity index (χ3v) is 6.59. The van der Waals surface area contributed by atoms with Gasteiger partial charge in [0.2, 0.25) is 10.0 Å². The van der Waals surface area contributed by atoms with Gasteiger partial charge in [0.05, 0.1) is 4.90 Å². The van der Waals surface area contributed by atoms with Gasteiger partial charge in [0.15, 0.2) is 6.61 Å². The van der Waals surface area contributed by atoms with Gasteiger partial charge in [0.25, 0.3) is 5.91 Å². The Hall–Kier alpha value is -3.68. The van der Waals surface area contributed by atoms with E-state index in [1.807, 2.05) is 72.8 Å². The fraction of sp³-hybridized carbons (Fsp3) is 0.115. The number of rotatable bonds is 9. The van der Waals surface area contributed by atoms with Gasteiger partial charge < -0.3 is 10.1 Å². The van der Waals surface area contributed by atoms with Gasteiger partial charge in [-0.2, -0.15) is 0 Å². The van der Waals surface area contributed by atoms with Crippen LogP contribution in [-0.4, -0.2) is 20.9 Å². The molecule has 1 amide bonds. The second kappa shape index (κ2) is 10.3. The Kier molecular flexibility index (Phi) is 7.02. The molecule has 0 fully saturated rings. The molecule has 6 nitrogen and oxygen atoms in total. The van der Waals surface area contributed by atoms with Gasteiger partial charge >= 0.3 is 0 Å². The third-order valence-electron chi connectivity index (χ3n) is 5.17. The SMILES string of the molecule is O=C(COc1ccc(S(=O)(=O)NCc2ccccc2)cc1)NCc1cccc2ccccc12. The summed E-state index contributed by atoms with van der Waals surface area (Å²) in [5.41, 5.74) is 1.90. The number of carbonyl (C=O) groups excluding carboxylic acids is 1. The van der Waals surface area contributed by atoms with Gasteiger partial charge in [-0.05, 0) is 46.2 Å². The summed E-state index contributed by atoms with van der Waals surface area (Å²) < 4.78 is 33.0. The minimum Gasteiger partial charge on any atom is -0.484 e. The topological polar surface area (TPSA) is 84.5 Å². The Morgan fingerprint density at radius 2 is 1.45 bits per heavy atom. The van der Waals surface area contributed by atoms with Crippen molar-refractivity contribution in [1.82, 2.24) is 10.0 Å². The third kappa shape index (κ3) is 5.97. The summed E-state index contributed by atoms with van der Waals surface area (Å²) in [5, 5.41) is 5.07. The second-order valence-corrected chi connectivity index (χ2v) is 9.25. The van der Waals surface area contributed by atoms with E-state index >= 15 is 0 Å². The molecule has 33 heavy (non-hydrogen) atoms. The van der Waals surface area contributed by atoms with Gasteiger partial charge in [0.1, 0.15) is 5.75 Å². The van der Waals surface area contributed by atoms with Crippen molar-refractivity contribution < 1.29 is 17.9 Å². The van der Waals surface area contributed by atoms with Crippen molar-refractivity contribution >= 4 is 26.7 Å². The lowest BCUT2D eigenvalue weighted by atomic mass is 10.0. The van der Waals surface area contributed by atoms with Crippen molar-refractivity contribution in [2.75, 3.05) is 6.61 Å². The van der Waals surface area contributed by atoms with Crippen LogP contribution in [0.4, 0.5) is 0 Å². The van der Waals surface area contributed by atoms with Crippen molar-refractivity contribution in [1.29, 1.82) is 0 Å². The van der Waals surface area contributed by atoms with Gasteiger partial charge in [-0.1, -0.05) is 72.8 Å². The quantitative estimate of drug-likeness (QED) is 0.395. The Labute approximate surface area is 193 Å². The van der Waals surface area contributed by atoms with E-state index in [-0.39, 0.29) is 24.0 Å². The van der Waals surface area contributed by atoms with E-state index < -0.39 is 10.0 Å². The molecule has 0 aliphatic heterocycles. The Bertz CT molecular complexity index is 1330. The fourth-order valence-electron chi connectivity index (χ4n) is 3.41. The van der Waals surface area contributed by atoms with Gasteiger partial charge in [0, 0.05) is 13.1 Å². The number of ether oxygens (including phenoxy) is 1. The predicted octanol–water partition coefficient (Wildman–Crippen LogP) is 4.01. The monoisotopic (exact) mass is 460 g/mol. The van der Waals surface area contributed by atoms with Crippen molar-refractivity contribution in [3.8, 4) is 5.75 Å². The Morgan fingerprint density at radius 3 is 2.24 bits per heavy atom. The zero-order chi connectivity index (χ0) is 23.1. The standard InChI is InChI=1S/C26H24N2O4S/c29-26(27-18-22-11-6-10-21-9-4-5-12-25(21)22)19-32-23-13-15-24(16-14-23)33(30,31)28-17-20-7-2-1-3-8-20/h1-16,28H,17-19H2,(H,27,29). The molecule has 0 saturated carbocycles. The maximum Gasteiger partial charge on any atom is 0.258 e. The predicted molar refractivity (Wildman–Crippen MR) is 128 cm³/mol. The van der Waals surface area contributed by atoms with Crippen molar-refractivity contribution in [3.63, 3.8) is 0 Å². The molecule has 0 radical (unpaired) electrons. The molecule has 0 unspecified atom stereocenters. The van der Waals surface area contributed by atoms with Crippen LogP contribution in [0.3, 0.4) is 0 Å². The Balaban J connectivity index is 1.28. The van der Waals surface area contributed by atoms with E-state index in [9.17, 15) is 13.2 Å². The molecule has 0 aliphatic carbocycles. The number of fused-ring (bicyclic) bond motifs is 1. The molecule has 4 rings (SSSR count). The molecular weight excluding hydrogens is 436 g/mol. The van der Waals surface area contributed by atoms with Gasteiger partial charge in [-0.25, -0.2) is 13.1 Å². The zero-order valence-corrected chi connectivity index (χ0v) is 18.7. The number of hydrogen-bond donors (Lipinski definition) is 2. The number of sulfonamides is 1. The first-order chi connectivity index (χ1) is 16.0. The fourth-order valence-corrected chi connectivity index (χ4v) is 4.43. The van der Waals surface area contributed by atoms with Crippen LogP contribution in [0, 0.1) is 0 Å². The summed E-state index contributed by atoms with van der Waals surface area (Å²) in [6, 6.07) is 29.3. The molecule has 7 heteroatoms. The molecule has 0 aromatic heterocycles. The van der Waals surface area contributed by atoms with Crippen LogP contribution in [-0.2, 0) is 27.9 Å². The molecule has 0 heterocycles. The number of hydrogen-bond acceptors (Lipinski definition) is 4. The first kappa shape index (κ1) is 22.5. The summed E-state index contributed by atoms with van der Waals surface area (Å²) in [6.07, 6.45) is 0. The lowest BCUT2D eigenvalue weighted by Crippen LogP contribution is -2.28. The lowest BCUT2D eigenvalue weighted by Gasteiger charge is -2.10. The Morgan fingerprint density at radius 1 is 0.758 bits per heavy atom. The molecule has 0 atom stereocenters. The molecule has 2 N–H and O–H groups in total. The van der Waals surface area contributed by atoms with E-state index in [0.29, 0.717) is 12.3 Å². The van der Waals surface area contributed by atoms with E-state index in [4.69, 9.17) is 4.74 Å². The van der Waals surface area contributed by atoms with Crippen LogP contribution in [0.2, 0.25) is 0 Å². The van der Waals surface area contributed by atoms with Crippen LogP contribution in [0.1, 0.15) is 11.1 Å². The van der Waals surface area contributed by atoms with Crippen LogP contribution >= 0.6 is 0 Å². The van der Waals surface area contributed by atoms with E-state index in [2.05, 4.69) is 10.0 Å². The van der Waals surface area contributed by atoms with E-state index in [1.54, 1.807) is 0 Å². The van der Waals surface area contributed by atoms with Crippen molar-refractivity contribution in [2.45, 2.75) is 18.0 Å². The first-order valence-corrected chi connectivity index (χ1v) is 12.0. The van der Waals surface area contributed by atoms with Gasteiger partial charge in [-0.15, -0.1) is 0 Å². The average Bonchev–Trinajstić information content (AvgIpc) is 2.86. The molecule has 0 aliphatic rings. The van der Waals surface area contributed by atoms with Crippen molar-refractivity contribution in [2.24, 2.45) is 0 Å². The first-order valence-electron chi connectivity index (χ1n) is 10.5.